The molecule has 1 N–H and O–H groups in total. The highest BCUT2D eigenvalue weighted by Crippen LogP contribution is 2.57. The fourth-order valence-corrected chi connectivity index (χ4v) is 5.48. The van der Waals surface area contributed by atoms with Crippen LogP contribution in [-0.4, -0.2) is 25.5 Å². The summed E-state index contributed by atoms with van der Waals surface area (Å²) in [5, 5.41) is 3.16. The monoisotopic (exact) mass is 380 g/mol. The van der Waals surface area contributed by atoms with Crippen LogP contribution in [0.1, 0.15) is 37.0 Å². The van der Waals surface area contributed by atoms with E-state index in [1.807, 2.05) is 22.7 Å². The van der Waals surface area contributed by atoms with Crippen LogP contribution >= 0.6 is 11.8 Å². The molecular weight excluding hydrogens is 352 g/mol. The summed E-state index contributed by atoms with van der Waals surface area (Å²) < 4.78 is 0. The maximum atomic E-state index is 12.4. The van der Waals surface area contributed by atoms with Crippen molar-refractivity contribution in [3.05, 3.63) is 53.1 Å². The van der Waals surface area contributed by atoms with Gasteiger partial charge in [0.15, 0.2) is 0 Å². The van der Waals surface area contributed by atoms with Crippen LogP contribution in [0.15, 0.2) is 46.2 Å². The third kappa shape index (κ3) is 3.41. The maximum Gasteiger partial charge on any atom is 0.241 e. The summed E-state index contributed by atoms with van der Waals surface area (Å²) in [5.74, 6) is 0.876. The van der Waals surface area contributed by atoms with Gasteiger partial charge in [0.2, 0.25) is 5.91 Å². The van der Waals surface area contributed by atoms with Crippen LogP contribution in [0.2, 0.25) is 0 Å². The smallest absolute Gasteiger partial charge is 0.241 e. The average molecular weight is 381 g/mol. The van der Waals surface area contributed by atoms with Gasteiger partial charge in [-0.25, -0.2) is 0 Å². The first-order chi connectivity index (χ1) is 12.9. The zero-order chi connectivity index (χ0) is 19.2. The minimum Gasteiger partial charge on any atom is -0.309 e. The van der Waals surface area contributed by atoms with Gasteiger partial charge in [0.25, 0.3) is 0 Å². The zero-order valence-electron chi connectivity index (χ0n) is 16.6. The molecule has 2 aromatic carbocycles. The molecule has 1 aliphatic heterocycles. The van der Waals surface area contributed by atoms with Gasteiger partial charge in [-0.05, 0) is 54.9 Å². The summed E-state index contributed by atoms with van der Waals surface area (Å²) in [7, 11) is 0. The Hall–Kier alpha value is -1.78. The Balaban J connectivity index is 1.75. The molecule has 1 saturated heterocycles. The predicted molar refractivity (Wildman–Crippen MR) is 113 cm³/mol. The zero-order valence-corrected chi connectivity index (χ0v) is 17.5. The van der Waals surface area contributed by atoms with Crippen LogP contribution in [0.25, 0.3) is 0 Å². The number of amides is 1. The Morgan fingerprint density at radius 3 is 2.67 bits per heavy atom. The number of nitrogens with zero attached hydrogens (tertiary/aromatic N) is 1. The van der Waals surface area contributed by atoms with Crippen molar-refractivity contribution in [1.29, 1.82) is 0 Å². The number of hydrogen-bond donors (Lipinski definition) is 1. The van der Waals surface area contributed by atoms with Crippen LogP contribution in [-0.2, 0) is 10.2 Å². The van der Waals surface area contributed by atoms with E-state index in [1.165, 1.54) is 28.0 Å². The Morgan fingerprint density at radius 1 is 1.22 bits per heavy atom. The Labute approximate surface area is 166 Å². The minimum atomic E-state index is 0.151. The fourth-order valence-electron chi connectivity index (χ4n) is 4.20. The first-order valence-electron chi connectivity index (χ1n) is 9.80. The molecule has 1 aliphatic carbocycles. The number of para-hydroxylation sites is 1. The van der Waals surface area contributed by atoms with Crippen molar-refractivity contribution < 1.29 is 4.79 Å². The highest BCUT2D eigenvalue weighted by atomic mass is 32.2. The van der Waals surface area contributed by atoms with E-state index < -0.39 is 0 Å². The lowest BCUT2D eigenvalue weighted by atomic mass is 9.92. The van der Waals surface area contributed by atoms with Crippen molar-refractivity contribution >= 4 is 23.4 Å². The Morgan fingerprint density at radius 2 is 1.96 bits per heavy atom. The molecule has 0 bridgehead atoms. The van der Waals surface area contributed by atoms with Gasteiger partial charge in [0.05, 0.1) is 12.2 Å². The fraction of sp³-hybridized carbons (Fsp3) is 0.435. The van der Waals surface area contributed by atoms with E-state index in [4.69, 9.17) is 0 Å². The molecule has 0 radical (unpaired) electrons. The lowest BCUT2D eigenvalue weighted by molar-refractivity contribution is -0.118. The maximum absolute atomic E-state index is 12.4. The highest BCUT2D eigenvalue weighted by molar-refractivity contribution is 7.99. The number of piperazine rings is 1. The lowest BCUT2D eigenvalue weighted by Crippen LogP contribution is -2.48. The van der Waals surface area contributed by atoms with Crippen LogP contribution < -0.4 is 10.2 Å². The molecular formula is C23H28N2OS. The van der Waals surface area contributed by atoms with E-state index in [0.717, 1.165) is 29.6 Å². The SMILES string of the molecule is Cc1cc(C)c(Sc2ccccc2N2CCNCC2=O)c(C2(C)C[C@H]2C)c1. The highest BCUT2D eigenvalue weighted by Gasteiger charge is 2.49. The standard InChI is InChI=1S/C23H28N2OS/c1-15-11-16(2)22(18(12-15)23(4)13-17(23)3)27-20-8-6-5-7-19(20)25-10-9-24-14-21(25)26/h5-8,11-12,17,24H,9-10,13-14H2,1-4H3/t17-,23?/m1/s1. The number of benzene rings is 2. The molecule has 2 aliphatic rings. The first kappa shape index (κ1) is 18.6. The van der Waals surface area contributed by atoms with Gasteiger partial charge in [-0.2, -0.15) is 0 Å². The number of hydrogen-bond acceptors (Lipinski definition) is 3. The molecule has 3 nitrogen and oxygen atoms in total. The summed E-state index contributed by atoms with van der Waals surface area (Å²) in [4.78, 5) is 16.9. The summed E-state index contributed by atoms with van der Waals surface area (Å²) in [6, 6.07) is 13.0. The lowest BCUT2D eigenvalue weighted by Gasteiger charge is -2.29. The molecule has 27 heavy (non-hydrogen) atoms. The molecule has 1 saturated carbocycles. The third-order valence-electron chi connectivity index (χ3n) is 6.15. The van der Waals surface area contributed by atoms with Crippen molar-refractivity contribution in [2.75, 3.05) is 24.5 Å². The van der Waals surface area contributed by atoms with Crippen LogP contribution in [0.4, 0.5) is 5.69 Å². The number of nitrogens with one attached hydrogen (secondary N) is 1. The normalized spacial score (nSPS) is 25.0. The van der Waals surface area contributed by atoms with Gasteiger partial charge in [-0.3, -0.25) is 4.79 Å². The largest absolute Gasteiger partial charge is 0.309 e. The quantitative estimate of drug-likeness (QED) is 0.835. The van der Waals surface area contributed by atoms with Crippen molar-refractivity contribution in [2.24, 2.45) is 5.92 Å². The van der Waals surface area contributed by atoms with Crippen LogP contribution in [0.3, 0.4) is 0 Å². The van der Waals surface area contributed by atoms with E-state index in [2.05, 4.69) is 63.3 Å². The number of anilines is 1. The molecule has 0 spiro atoms. The van der Waals surface area contributed by atoms with Crippen molar-refractivity contribution in [3.63, 3.8) is 0 Å². The topological polar surface area (TPSA) is 32.3 Å². The van der Waals surface area contributed by atoms with Crippen molar-refractivity contribution in [3.8, 4) is 0 Å². The second kappa shape index (κ2) is 6.99. The van der Waals surface area contributed by atoms with Crippen LogP contribution in [0, 0.1) is 19.8 Å². The Bertz CT molecular complexity index is 894. The predicted octanol–water partition coefficient (Wildman–Crippen LogP) is 4.69. The third-order valence-corrected chi connectivity index (χ3v) is 7.46. The average Bonchev–Trinajstić information content (AvgIpc) is 3.26. The molecule has 2 atom stereocenters. The first-order valence-corrected chi connectivity index (χ1v) is 10.6. The molecule has 0 aromatic heterocycles. The van der Waals surface area contributed by atoms with Crippen LogP contribution in [0.5, 0.6) is 0 Å². The van der Waals surface area contributed by atoms with Gasteiger partial charge >= 0.3 is 0 Å². The van der Waals surface area contributed by atoms with E-state index >= 15 is 0 Å². The number of carbonyl (C=O) groups is 1. The molecule has 142 valence electrons. The summed E-state index contributed by atoms with van der Waals surface area (Å²) in [5.41, 5.74) is 5.45. The molecule has 1 unspecified atom stereocenters. The molecule has 1 amide bonds. The van der Waals surface area contributed by atoms with E-state index in [1.54, 1.807) is 0 Å². The molecule has 2 aromatic rings. The molecule has 4 rings (SSSR count). The van der Waals surface area contributed by atoms with Gasteiger partial charge in [-0.15, -0.1) is 0 Å². The van der Waals surface area contributed by atoms with Gasteiger partial charge in [-0.1, -0.05) is 55.4 Å². The second-order valence-electron chi connectivity index (χ2n) is 8.27. The van der Waals surface area contributed by atoms with Crippen molar-refractivity contribution in [2.45, 2.75) is 49.3 Å². The van der Waals surface area contributed by atoms with Gasteiger partial charge in [0, 0.05) is 22.9 Å². The minimum absolute atomic E-state index is 0.151. The second-order valence-corrected chi connectivity index (χ2v) is 9.33. The summed E-state index contributed by atoms with van der Waals surface area (Å²) in [6.07, 6.45) is 1.25. The number of aryl methyl sites for hydroxylation is 2. The Kier molecular flexibility index (Phi) is 4.81. The molecule has 1 heterocycles. The number of rotatable bonds is 4. The van der Waals surface area contributed by atoms with Gasteiger partial charge in [0.1, 0.15) is 0 Å². The van der Waals surface area contributed by atoms with E-state index in [-0.39, 0.29) is 11.3 Å². The summed E-state index contributed by atoms with van der Waals surface area (Å²) >= 11 is 1.83. The van der Waals surface area contributed by atoms with Crippen molar-refractivity contribution in [1.82, 2.24) is 5.32 Å². The molecule has 4 heteroatoms. The van der Waals surface area contributed by atoms with E-state index in [9.17, 15) is 4.79 Å². The van der Waals surface area contributed by atoms with Gasteiger partial charge < -0.3 is 10.2 Å². The molecule has 2 fully saturated rings. The number of carbonyl (C=O) groups excluding carboxylic acids is 1. The summed E-state index contributed by atoms with van der Waals surface area (Å²) in [6.45, 7) is 11.1. The van der Waals surface area contributed by atoms with E-state index in [0.29, 0.717) is 6.54 Å².